The van der Waals surface area contributed by atoms with Gasteiger partial charge in [0.2, 0.25) is 11.8 Å². The molecule has 192 valence electrons. The molecule has 36 heavy (non-hydrogen) atoms. The van der Waals surface area contributed by atoms with Gasteiger partial charge in [0, 0.05) is 87.5 Å². The normalized spacial score (nSPS) is 22.3. The van der Waals surface area contributed by atoms with Crippen LogP contribution >= 0.6 is 0 Å². The highest BCUT2D eigenvalue weighted by atomic mass is 16.5. The molecule has 3 aliphatic rings. The van der Waals surface area contributed by atoms with Gasteiger partial charge in [-0.3, -0.25) is 9.59 Å². The molecule has 0 aliphatic carbocycles. The minimum Gasteiger partial charge on any atom is -0.378 e. The van der Waals surface area contributed by atoms with Crippen LogP contribution in [0.3, 0.4) is 0 Å². The van der Waals surface area contributed by atoms with Crippen LogP contribution < -0.4 is 20.0 Å². The van der Waals surface area contributed by atoms with E-state index in [2.05, 4.69) is 64.5 Å². The van der Waals surface area contributed by atoms with Crippen LogP contribution in [0, 0.1) is 0 Å². The largest absolute Gasteiger partial charge is 0.378 e. The molecule has 8 heteroatoms. The van der Waals surface area contributed by atoms with Crippen molar-refractivity contribution in [1.82, 2.24) is 4.90 Å². The molecule has 2 fully saturated rings. The first-order chi connectivity index (χ1) is 17.4. The summed E-state index contributed by atoms with van der Waals surface area (Å²) in [6.07, 6.45) is 0.833. The first-order valence-electron chi connectivity index (χ1n) is 13.0. The second kappa shape index (κ2) is 10.4. The summed E-state index contributed by atoms with van der Waals surface area (Å²) in [7, 11) is 0. The van der Waals surface area contributed by atoms with E-state index in [-0.39, 0.29) is 23.9 Å². The van der Waals surface area contributed by atoms with Crippen LogP contribution in [0.25, 0.3) is 0 Å². The summed E-state index contributed by atoms with van der Waals surface area (Å²) >= 11 is 0. The lowest BCUT2D eigenvalue weighted by Gasteiger charge is -2.41. The molecule has 0 saturated carbocycles. The molecule has 3 heterocycles. The van der Waals surface area contributed by atoms with Gasteiger partial charge >= 0.3 is 0 Å². The molecule has 2 saturated heterocycles. The van der Waals surface area contributed by atoms with Gasteiger partial charge < -0.3 is 29.7 Å². The number of carbonyl (C=O) groups is 2. The lowest BCUT2D eigenvalue weighted by Crippen LogP contribution is -2.48. The minimum atomic E-state index is 0.0693. The highest BCUT2D eigenvalue weighted by Crippen LogP contribution is 2.41. The van der Waals surface area contributed by atoms with Gasteiger partial charge in [-0.25, -0.2) is 0 Å². The molecule has 0 bridgehead atoms. The number of hydrogen-bond donors (Lipinski definition) is 1. The number of piperazine rings is 1. The Morgan fingerprint density at radius 2 is 1.47 bits per heavy atom. The van der Waals surface area contributed by atoms with Gasteiger partial charge in [0.25, 0.3) is 0 Å². The third-order valence-corrected chi connectivity index (χ3v) is 7.68. The fourth-order valence-electron chi connectivity index (χ4n) is 5.74. The number of nitrogens with zero attached hydrogens (tertiary/aromatic N) is 4. The summed E-state index contributed by atoms with van der Waals surface area (Å²) in [5.74, 6) is 0.204. The molecule has 1 N–H and O–H groups in total. The molecule has 0 spiro atoms. The van der Waals surface area contributed by atoms with E-state index in [1.54, 1.807) is 13.8 Å². The van der Waals surface area contributed by atoms with Crippen molar-refractivity contribution in [3.8, 4) is 0 Å². The van der Waals surface area contributed by atoms with E-state index in [9.17, 15) is 9.59 Å². The molecular formula is C28H37N5O3. The lowest BCUT2D eigenvalue weighted by atomic mass is 9.90. The Labute approximate surface area is 213 Å². The van der Waals surface area contributed by atoms with Crippen LogP contribution in [0.1, 0.15) is 38.8 Å². The second-order valence-corrected chi connectivity index (χ2v) is 10.1. The number of nitrogens with one attached hydrogen (secondary N) is 1. The van der Waals surface area contributed by atoms with E-state index in [0.29, 0.717) is 0 Å². The topological polar surface area (TPSA) is 68.4 Å². The summed E-state index contributed by atoms with van der Waals surface area (Å²) < 4.78 is 5.48. The molecule has 2 aromatic rings. The third-order valence-electron chi connectivity index (χ3n) is 7.68. The van der Waals surface area contributed by atoms with Gasteiger partial charge in [-0.15, -0.1) is 0 Å². The molecule has 0 radical (unpaired) electrons. The van der Waals surface area contributed by atoms with Crippen molar-refractivity contribution in [1.29, 1.82) is 0 Å². The predicted octanol–water partition coefficient (Wildman–Crippen LogP) is 3.49. The van der Waals surface area contributed by atoms with Crippen LogP contribution in [0.4, 0.5) is 22.7 Å². The Balaban J connectivity index is 1.38. The van der Waals surface area contributed by atoms with Crippen LogP contribution in [-0.2, 0) is 14.3 Å². The van der Waals surface area contributed by atoms with Crippen LogP contribution in [0.2, 0.25) is 0 Å². The van der Waals surface area contributed by atoms with Crippen molar-refractivity contribution in [2.24, 2.45) is 0 Å². The van der Waals surface area contributed by atoms with Crippen molar-refractivity contribution in [2.45, 2.75) is 39.3 Å². The van der Waals surface area contributed by atoms with Crippen LogP contribution in [-0.4, -0.2) is 75.2 Å². The summed E-state index contributed by atoms with van der Waals surface area (Å²) in [6.45, 7) is 11.9. The fourth-order valence-corrected chi connectivity index (χ4v) is 5.74. The Hall–Kier alpha value is -3.26. The zero-order chi connectivity index (χ0) is 25.2. The zero-order valence-electron chi connectivity index (χ0n) is 21.6. The maximum atomic E-state index is 12.6. The van der Waals surface area contributed by atoms with Gasteiger partial charge in [-0.05, 0) is 55.8 Å². The van der Waals surface area contributed by atoms with Gasteiger partial charge in [-0.2, -0.15) is 0 Å². The molecule has 0 aromatic heterocycles. The molecule has 2 amide bonds. The minimum absolute atomic E-state index is 0.0693. The number of fused-ring (bicyclic) bond motifs is 1. The summed E-state index contributed by atoms with van der Waals surface area (Å²) in [4.78, 5) is 32.8. The second-order valence-electron chi connectivity index (χ2n) is 10.1. The number of morpholine rings is 1. The Bertz CT molecular complexity index is 1090. The molecular weight excluding hydrogens is 454 g/mol. The monoisotopic (exact) mass is 491 g/mol. The number of benzene rings is 2. The van der Waals surface area contributed by atoms with E-state index < -0.39 is 0 Å². The van der Waals surface area contributed by atoms with Gasteiger partial charge in [0.1, 0.15) is 0 Å². The third kappa shape index (κ3) is 5.00. The average Bonchev–Trinajstić information content (AvgIpc) is 2.89. The van der Waals surface area contributed by atoms with E-state index in [4.69, 9.17) is 4.74 Å². The fraction of sp³-hybridized carbons (Fsp3) is 0.500. The average molecular weight is 492 g/mol. The van der Waals surface area contributed by atoms with Gasteiger partial charge in [0.15, 0.2) is 0 Å². The summed E-state index contributed by atoms with van der Waals surface area (Å²) in [5, 5.41) is 3.76. The van der Waals surface area contributed by atoms with Crippen molar-refractivity contribution in [3.05, 3.63) is 48.0 Å². The SMILES string of the molecule is CC(=O)N1CCN(c2ccc3c(c2)[C@H](Nc2ccc(N4CCOCC4)cc2)C[C@H](C)N3C(C)=O)CC1. The van der Waals surface area contributed by atoms with E-state index in [0.717, 1.165) is 81.5 Å². The van der Waals surface area contributed by atoms with Gasteiger partial charge in [0.05, 0.1) is 19.3 Å². The van der Waals surface area contributed by atoms with E-state index >= 15 is 0 Å². The van der Waals surface area contributed by atoms with Crippen molar-refractivity contribution in [2.75, 3.05) is 72.5 Å². The maximum absolute atomic E-state index is 12.6. The van der Waals surface area contributed by atoms with Crippen LogP contribution in [0.5, 0.6) is 0 Å². The first kappa shape index (κ1) is 24.4. The molecule has 8 nitrogen and oxygen atoms in total. The highest BCUT2D eigenvalue weighted by molar-refractivity contribution is 5.94. The molecule has 5 rings (SSSR count). The highest BCUT2D eigenvalue weighted by Gasteiger charge is 2.33. The number of ether oxygens (including phenoxy) is 1. The van der Waals surface area contributed by atoms with Crippen LogP contribution in [0.15, 0.2) is 42.5 Å². The summed E-state index contributed by atoms with van der Waals surface area (Å²) in [6, 6.07) is 15.3. The predicted molar refractivity (Wildman–Crippen MR) is 144 cm³/mol. The quantitative estimate of drug-likeness (QED) is 0.706. The maximum Gasteiger partial charge on any atom is 0.224 e. The molecule has 0 unspecified atom stereocenters. The summed E-state index contributed by atoms with van der Waals surface area (Å²) in [5.41, 5.74) is 5.56. The number of anilines is 4. The van der Waals surface area contributed by atoms with E-state index in [1.165, 1.54) is 5.69 Å². The molecule has 2 aromatic carbocycles. The van der Waals surface area contributed by atoms with Crippen molar-refractivity contribution >= 4 is 34.6 Å². The first-order valence-corrected chi connectivity index (χ1v) is 13.0. The Kier molecular flexibility index (Phi) is 7.05. The zero-order valence-corrected chi connectivity index (χ0v) is 21.6. The molecule has 3 aliphatic heterocycles. The number of carbonyl (C=O) groups excluding carboxylic acids is 2. The molecule has 2 atom stereocenters. The van der Waals surface area contributed by atoms with Gasteiger partial charge in [-0.1, -0.05) is 0 Å². The smallest absolute Gasteiger partial charge is 0.224 e. The van der Waals surface area contributed by atoms with Crippen molar-refractivity contribution < 1.29 is 14.3 Å². The van der Waals surface area contributed by atoms with Crippen molar-refractivity contribution in [3.63, 3.8) is 0 Å². The van der Waals surface area contributed by atoms with E-state index in [1.807, 2.05) is 9.80 Å². The standard InChI is InChI=1S/C28H37N5O3/c1-20-18-27(29-23-4-6-24(7-5-23)32-14-16-36-17-15-32)26-19-25(8-9-28(26)33(20)22(3)35)31-12-10-30(11-13-31)21(2)34/h4-9,19-20,27,29H,10-18H2,1-3H3/t20-,27+/m0/s1. The number of amides is 2. The Morgan fingerprint density at radius 1 is 0.833 bits per heavy atom. The lowest BCUT2D eigenvalue weighted by molar-refractivity contribution is -0.129. The number of hydrogen-bond acceptors (Lipinski definition) is 6. The Morgan fingerprint density at radius 3 is 2.11 bits per heavy atom. The number of rotatable bonds is 4.